The molecule has 0 saturated carbocycles. The molecule has 0 unspecified atom stereocenters. The number of aliphatic hydroxyl groups excluding tert-OH is 5. The molecule has 9 N–H and O–H groups in total. The standard InChI is InChI=1S/C26H30O15/c27-8-26(36)9-38-25(23(26)35)37-7-16-18(32)19(33)20(34)24(40-16)41-21-14(31)5-12(29)17-13(30)6-15(39-22(17)21)10-1-3-11(28)4-2-10/h1-5,15-16,18-20,23-25,27-29,31-36H,6-9H2/t15-,16+,18+,19-,20+,23-,24-,25+,26+/m0/s1. The van der Waals surface area contributed by atoms with E-state index in [1.807, 2.05) is 0 Å². The molecule has 3 aliphatic rings. The molecule has 5 rings (SSSR count). The molecule has 41 heavy (non-hydrogen) atoms. The molecule has 224 valence electrons. The van der Waals surface area contributed by atoms with Gasteiger partial charge in [-0.2, -0.15) is 0 Å². The minimum atomic E-state index is -1.97. The number of aliphatic hydroxyl groups is 6. The van der Waals surface area contributed by atoms with E-state index in [1.165, 1.54) is 24.3 Å². The molecule has 2 aromatic carbocycles. The van der Waals surface area contributed by atoms with Crippen molar-refractivity contribution in [1.29, 1.82) is 0 Å². The number of phenolic OH excluding ortho intramolecular Hbond substituents is 3. The molecular formula is C26H30O15. The first kappa shape index (κ1) is 29.2. The summed E-state index contributed by atoms with van der Waals surface area (Å²) >= 11 is 0. The van der Waals surface area contributed by atoms with E-state index >= 15 is 0 Å². The van der Waals surface area contributed by atoms with Gasteiger partial charge in [0.05, 0.1) is 26.2 Å². The predicted molar refractivity (Wildman–Crippen MR) is 131 cm³/mol. The quantitative estimate of drug-likeness (QED) is 0.174. The molecule has 3 aliphatic heterocycles. The maximum atomic E-state index is 13.0. The van der Waals surface area contributed by atoms with Gasteiger partial charge in [0.2, 0.25) is 12.0 Å². The van der Waals surface area contributed by atoms with Crippen molar-refractivity contribution in [2.75, 3.05) is 19.8 Å². The zero-order valence-corrected chi connectivity index (χ0v) is 21.3. The van der Waals surface area contributed by atoms with Crippen LogP contribution >= 0.6 is 0 Å². The molecule has 0 aliphatic carbocycles. The topological polar surface area (TPSA) is 245 Å². The molecule has 0 amide bonds. The number of phenols is 3. The number of fused-ring (bicyclic) bond motifs is 1. The second kappa shape index (κ2) is 11.2. The fourth-order valence-corrected chi connectivity index (χ4v) is 4.83. The summed E-state index contributed by atoms with van der Waals surface area (Å²) in [4.78, 5) is 13.0. The maximum absolute atomic E-state index is 13.0. The van der Waals surface area contributed by atoms with Gasteiger partial charge in [0.1, 0.15) is 59.3 Å². The Hall–Kier alpha value is -3.25. The average molecular weight is 583 g/mol. The smallest absolute Gasteiger partial charge is 0.229 e. The van der Waals surface area contributed by atoms with Gasteiger partial charge >= 0.3 is 0 Å². The summed E-state index contributed by atoms with van der Waals surface area (Å²) in [7, 11) is 0. The van der Waals surface area contributed by atoms with E-state index in [0.29, 0.717) is 5.56 Å². The van der Waals surface area contributed by atoms with Crippen molar-refractivity contribution in [3.05, 3.63) is 41.5 Å². The number of rotatable bonds is 7. The van der Waals surface area contributed by atoms with Crippen molar-refractivity contribution >= 4 is 5.78 Å². The van der Waals surface area contributed by atoms with Crippen LogP contribution in [0.15, 0.2) is 30.3 Å². The lowest BCUT2D eigenvalue weighted by molar-refractivity contribution is -0.289. The van der Waals surface area contributed by atoms with Gasteiger partial charge in [0.15, 0.2) is 23.6 Å². The van der Waals surface area contributed by atoms with Crippen molar-refractivity contribution in [3.63, 3.8) is 0 Å². The van der Waals surface area contributed by atoms with Gasteiger partial charge in [-0.15, -0.1) is 0 Å². The third-order valence-corrected chi connectivity index (χ3v) is 7.28. The number of carbonyl (C=O) groups is 1. The van der Waals surface area contributed by atoms with Gasteiger partial charge in [-0.1, -0.05) is 12.1 Å². The van der Waals surface area contributed by atoms with Gasteiger partial charge < -0.3 is 69.6 Å². The highest BCUT2D eigenvalue weighted by Crippen LogP contribution is 2.50. The number of hydrogen-bond donors (Lipinski definition) is 9. The lowest BCUT2D eigenvalue weighted by Crippen LogP contribution is -2.60. The first-order chi connectivity index (χ1) is 19.4. The van der Waals surface area contributed by atoms with Crippen LogP contribution in [-0.4, -0.2) is 120 Å². The molecule has 0 aromatic heterocycles. The minimum Gasteiger partial charge on any atom is -0.508 e. The van der Waals surface area contributed by atoms with E-state index < -0.39 is 97.7 Å². The Balaban J connectivity index is 1.37. The highest BCUT2D eigenvalue weighted by molar-refractivity contribution is 6.03. The summed E-state index contributed by atoms with van der Waals surface area (Å²) in [6, 6.07) is 6.64. The minimum absolute atomic E-state index is 0.0172. The number of ketones is 1. The largest absolute Gasteiger partial charge is 0.508 e. The molecule has 15 nitrogen and oxygen atoms in total. The molecule has 9 atom stereocenters. The summed E-state index contributed by atoms with van der Waals surface area (Å²) in [6.45, 7) is -1.80. The van der Waals surface area contributed by atoms with Crippen molar-refractivity contribution in [2.45, 2.75) is 61.2 Å². The molecule has 15 heteroatoms. The Kier molecular flexibility index (Phi) is 7.99. The van der Waals surface area contributed by atoms with E-state index in [4.69, 9.17) is 23.7 Å². The van der Waals surface area contributed by atoms with Crippen LogP contribution in [0.2, 0.25) is 0 Å². The number of carbonyl (C=O) groups excluding carboxylic acids is 1. The van der Waals surface area contributed by atoms with Crippen LogP contribution < -0.4 is 9.47 Å². The first-order valence-electron chi connectivity index (χ1n) is 12.6. The van der Waals surface area contributed by atoms with Crippen molar-refractivity contribution in [2.24, 2.45) is 0 Å². The number of benzene rings is 2. The van der Waals surface area contributed by atoms with Crippen LogP contribution in [0.25, 0.3) is 0 Å². The third kappa shape index (κ3) is 5.39. The molecule has 2 aromatic rings. The molecule has 0 spiro atoms. The predicted octanol–water partition coefficient (Wildman–Crippen LogP) is -1.85. The van der Waals surface area contributed by atoms with Crippen molar-refractivity contribution < 1.29 is 74.4 Å². The van der Waals surface area contributed by atoms with Gasteiger partial charge in [-0.3, -0.25) is 4.79 Å². The Morgan fingerprint density at radius 3 is 2.32 bits per heavy atom. The van der Waals surface area contributed by atoms with Gasteiger partial charge in [-0.05, 0) is 17.7 Å². The fourth-order valence-electron chi connectivity index (χ4n) is 4.83. The monoisotopic (exact) mass is 582 g/mol. The molecule has 2 saturated heterocycles. The number of ether oxygens (including phenoxy) is 5. The number of aromatic hydroxyl groups is 3. The lowest BCUT2D eigenvalue weighted by Gasteiger charge is -2.40. The van der Waals surface area contributed by atoms with Crippen LogP contribution in [0.1, 0.15) is 28.4 Å². The van der Waals surface area contributed by atoms with Crippen LogP contribution in [0.5, 0.6) is 28.7 Å². The van der Waals surface area contributed by atoms with Crippen LogP contribution in [0.4, 0.5) is 0 Å². The zero-order chi connectivity index (χ0) is 29.6. The van der Waals surface area contributed by atoms with E-state index in [-0.39, 0.29) is 23.5 Å². The second-order valence-electron chi connectivity index (χ2n) is 10.1. The normalized spacial score (nSPS) is 35.1. The maximum Gasteiger partial charge on any atom is 0.229 e. The number of Topliss-reactive ketones (excluding diaryl/α,β-unsaturated/α-hetero) is 1. The lowest BCUT2D eigenvalue weighted by atomic mass is 9.95. The number of hydrogen-bond acceptors (Lipinski definition) is 15. The molecular weight excluding hydrogens is 552 g/mol. The van der Waals surface area contributed by atoms with Crippen LogP contribution in [0, 0.1) is 0 Å². The van der Waals surface area contributed by atoms with E-state index in [0.717, 1.165) is 6.07 Å². The Morgan fingerprint density at radius 2 is 1.66 bits per heavy atom. The van der Waals surface area contributed by atoms with Crippen LogP contribution in [-0.2, 0) is 14.2 Å². The summed E-state index contributed by atoms with van der Waals surface area (Å²) in [5, 5.41) is 91.6. The Labute approximate surface area is 231 Å². The molecule has 0 radical (unpaired) electrons. The second-order valence-corrected chi connectivity index (χ2v) is 10.1. The van der Waals surface area contributed by atoms with Gasteiger partial charge in [-0.25, -0.2) is 0 Å². The van der Waals surface area contributed by atoms with Crippen LogP contribution in [0.3, 0.4) is 0 Å². The molecule has 0 bridgehead atoms. The summed E-state index contributed by atoms with van der Waals surface area (Å²) in [5.74, 6) is -2.75. The van der Waals surface area contributed by atoms with Gasteiger partial charge in [0.25, 0.3) is 0 Å². The van der Waals surface area contributed by atoms with E-state index in [1.54, 1.807) is 0 Å². The fraction of sp³-hybridized carbons (Fsp3) is 0.500. The van der Waals surface area contributed by atoms with E-state index in [9.17, 15) is 50.8 Å². The Morgan fingerprint density at radius 1 is 0.951 bits per heavy atom. The third-order valence-electron chi connectivity index (χ3n) is 7.28. The summed E-state index contributed by atoms with van der Waals surface area (Å²) in [6.07, 6.45) is -12.8. The van der Waals surface area contributed by atoms with Crippen molar-refractivity contribution in [1.82, 2.24) is 0 Å². The zero-order valence-electron chi connectivity index (χ0n) is 21.3. The van der Waals surface area contributed by atoms with Gasteiger partial charge in [0, 0.05) is 6.07 Å². The molecule has 2 fully saturated rings. The average Bonchev–Trinajstić information content (AvgIpc) is 3.23. The SMILES string of the molecule is O=C1C[C@@H](c2ccc(O)cc2)Oc2c(O[C@@H]3O[C@H](CO[C@@H]4OC[C@](O)(CO)[C@H]4O)[C@@H](O)[C@H](O)[C@H]3O)c(O)cc(O)c21. The molecule has 3 heterocycles. The summed E-state index contributed by atoms with van der Waals surface area (Å²) < 4.78 is 27.7. The van der Waals surface area contributed by atoms with E-state index in [2.05, 4.69) is 0 Å². The van der Waals surface area contributed by atoms with Crippen molar-refractivity contribution in [3.8, 4) is 28.7 Å². The highest BCUT2D eigenvalue weighted by atomic mass is 16.7. The summed E-state index contributed by atoms with van der Waals surface area (Å²) in [5.41, 5.74) is -1.78. The highest BCUT2D eigenvalue weighted by Gasteiger charge is 2.50. The Bertz CT molecular complexity index is 1270. The first-order valence-corrected chi connectivity index (χ1v) is 12.6.